The molecule has 0 saturated heterocycles. The third-order valence-corrected chi connectivity index (χ3v) is 15.4. The Morgan fingerprint density at radius 1 is 0.692 bits per heavy atom. The minimum absolute atomic E-state index is 0.118. The fraction of sp³-hybridized carbons (Fsp3) is 0.579. The van der Waals surface area contributed by atoms with E-state index in [-0.39, 0.29) is 5.54 Å². The van der Waals surface area contributed by atoms with E-state index in [1.165, 1.54) is 5.56 Å². The molecule has 7 heteroatoms. The molecule has 1 aromatic rings. The van der Waals surface area contributed by atoms with Crippen LogP contribution in [0.2, 0.25) is 64.5 Å². The molecule has 1 aromatic carbocycles. The van der Waals surface area contributed by atoms with E-state index in [2.05, 4.69) is 102 Å². The molecule has 1 atom stereocenters. The second kappa shape index (κ2) is 8.81. The molecule has 0 saturated carbocycles. The van der Waals surface area contributed by atoms with Gasteiger partial charge in [-0.3, -0.25) is 0 Å². The Balaban J connectivity index is 3.30. The Kier molecular flexibility index (Phi) is 8.04. The molecule has 0 heterocycles. The van der Waals surface area contributed by atoms with Gasteiger partial charge in [0.05, 0.1) is 0 Å². The van der Waals surface area contributed by atoms with E-state index in [9.17, 15) is 0 Å². The van der Waals surface area contributed by atoms with Gasteiger partial charge in [0.15, 0.2) is 25.0 Å². The summed E-state index contributed by atoms with van der Waals surface area (Å²) < 4.78 is 20.3. The first-order valence-electron chi connectivity index (χ1n) is 9.46. The lowest BCUT2D eigenvalue weighted by atomic mass is 10.2. The molecular weight excluding hydrogens is 389 g/mol. The summed E-state index contributed by atoms with van der Waals surface area (Å²) in [5, 5.41) is 0. The first kappa shape index (κ1) is 23.7. The second-order valence-electron chi connectivity index (χ2n) is 9.81. The van der Waals surface area contributed by atoms with Crippen molar-refractivity contribution in [1.82, 2.24) is 0 Å². The van der Waals surface area contributed by atoms with E-state index in [1.807, 2.05) is 6.07 Å². The summed E-state index contributed by atoms with van der Waals surface area (Å²) in [5.41, 5.74) is 1.31. The van der Waals surface area contributed by atoms with Gasteiger partial charge in [0.2, 0.25) is 0 Å². The molecule has 148 valence electrons. The third-order valence-electron chi connectivity index (χ3n) is 3.28. The van der Waals surface area contributed by atoms with Crippen LogP contribution < -0.4 is 0 Å². The molecule has 0 aliphatic rings. The number of hydrogen-bond donors (Lipinski definition) is 0. The van der Waals surface area contributed by atoms with Gasteiger partial charge < -0.3 is 12.3 Å². The van der Waals surface area contributed by atoms with Crippen molar-refractivity contribution >= 4 is 39.8 Å². The van der Waals surface area contributed by atoms with E-state index < -0.39 is 33.8 Å². The van der Waals surface area contributed by atoms with Gasteiger partial charge >= 0.3 is 8.80 Å². The molecular formula is C19H38O3Si4. The Labute approximate surface area is 165 Å². The van der Waals surface area contributed by atoms with Crippen molar-refractivity contribution in [2.75, 3.05) is 0 Å². The molecule has 0 N–H and O–H groups in total. The van der Waals surface area contributed by atoms with Crippen molar-refractivity contribution in [3.05, 3.63) is 42.0 Å². The minimum atomic E-state index is -2.86. The molecule has 0 aliphatic carbocycles. The van der Waals surface area contributed by atoms with Crippen molar-refractivity contribution in [3.63, 3.8) is 0 Å². The van der Waals surface area contributed by atoms with Crippen molar-refractivity contribution in [2.45, 2.75) is 71.4 Å². The quantitative estimate of drug-likeness (QED) is 0.417. The molecule has 0 bridgehead atoms. The monoisotopic (exact) mass is 426 g/mol. The van der Waals surface area contributed by atoms with Crippen LogP contribution in [0.4, 0.5) is 0 Å². The Bertz CT molecular complexity index is 543. The van der Waals surface area contributed by atoms with E-state index in [0.29, 0.717) is 0 Å². The highest BCUT2D eigenvalue weighted by molar-refractivity contribution is 6.90. The van der Waals surface area contributed by atoms with E-state index >= 15 is 0 Å². The summed E-state index contributed by atoms with van der Waals surface area (Å²) in [6.45, 7) is 22.2. The van der Waals surface area contributed by atoms with Crippen LogP contribution in [-0.2, 0) is 12.3 Å². The van der Waals surface area contributed by atoms with E-state index in [0.717, 1.165) is 0 Å². The maximum Gasteiger partial charge on any atom is 0.476 e. The van der Waals surface area contributed by atoms with Gasteiger partial charge in [0.1, 0.15) is 0 Å². The van der Waals surface area contributed by atoms with Gasteiger partial charge in [-0.15, -0.1) is 0 Å². The lowest BCUT2D eigenvalue weighted by Crippen LogP contribution is -2.62. The Morgan fingerprint density at radius 3 is 1.42 bits per heavy atom. The van der Waals surface area contributed by atoms with Gasteiger partial charge in [0, 0.05) is 5.54 Å². The SMILES string of the molecule is CC(C=Cc1ccccc1)[Si](O[Si](C)(C)C)(O[Si](C)(C)C)O[Si](C)(C)C. The summed E-state index contributed by atoms with van der Waals surface area (Å²) in [6, 6.07) is 10.4. The number of rotatable bonds is 9. The molecule has 0 fully saturated rings. The minimum Gasteiger partial charge on any atom is -0.417 e. The molecule has 0 aliphatic heterocycles. The van der Waals surface area contributed by atoms with Crippen LogP contribution in [0.15, 0.2) is 36.4 Å². The van der Waals surface area contributed by atoms with Gasteiger partial charge in [-0.1, -0.05) is 49.4 Å². The number of benzene rings is 1. The molecule has 1 rings (SSSR count). The Hall–Kier alpha value is -0.292. The highest BCUT2D eigenvalue weighted by Gasteiger charge is 2.53. The van der Waals surface area contributed by atoms with Crippen molar-refractivity contribution < 1.29 is 12.3 Å². The van der Waals surface area contributed by atoms with E-state index in [4.69, 9.17) is 12.3 Å². The smallest absolute Gasteiger partial charge is 0.417 e. The molecule has 0 radical (unpaired) electrons. The first-order valence-corrected chi connectivity index (χ1v) is 21.5. The van der Waals surface area contributed by atoms with Gasteiger partial charge in [-0.2, -0.15) is 0 Å². The normalized spacial score (nSPS) is 15.5. The summed E-state index contributed by atoms with van der Waals surface area (Å²) in [7, 11) is -8.38. The van der Waals surface area contributed by atoms with Crippen LogP contribution >= 0.6 is 0 Å². The van der Waals surface area contributed by atoms with Crippen LogP contribution in [-0.4, -0.2) is 33.8 Å². The lowest BCUT2D eigenvalue weighted by Gasteiger charge is -2.45. The summed E-state index contributed by atoms with van der Waals surface area (Å²) in [4.78, 5) is 0. The zero-order valence-corrected chi connectivity index (χ0v) is 22.3. The number of hydrogen-bond acceptors (Lipinski definition) is 3. The largest absolute Gasteiger partial charge is 0.476 e. The highest BCUT2D eigenvalue weighted by atomic mass is 28.5. The summed E-state index contributed by atoms with van der Waals surface area (Å²) in [6.07, 6.45) is 4.39. The van der Waals surface area contributed by atoms with Crippen molar-refractivity contribution in [3.8, 4) is 0 Å². The highest BCUT2D eigenvalue weighted by Crippen LogP contribution is 2.35. The molecule has 26 heavy (non-hydrogen) atoms. The third kappa shape index (κ3) is 9.07. The standard InChI is InChI=1S/C19H38O3Si4/c1-18(16-17-19-14-12-11-13-15-19)26(20-23(2,3)4,21-24(5,6)7)22-25(8,9)10/h11-18H,1-10H3. The predicted molar refractivity (Wildman–Crippen MR) is 124 cm³/mol. The summed E-state index contributed by atoms with van der Waals surface area (Å²) in [5.74, 6) is 0. The maximum atomic E-state index is 6.78. The Morgan fingerprint density at radius 2 is 1.08 bits per heavy atom. The lowest BCUT2D eigenvalue weighted by molar-refractivity contribution is 0.245. The fourth-order valence-corrected chi connectivity index (χ4v) is 17.0. The number of allylic oxidation sites excluding steroid dienone is 1. The van der Waals surface area contributed by atoms with Crippen molar-refractivity contribution in [2.24, 2.45) is 0 Å². The topological polar surface area (TPSA) is 27.7 Å². The van der Waals surface area contributed by atoms with Crippen LogP contribution in [0.1, 0.15) is 12.5 Å². The predicted octanol–water partition coefficient (Wildman–Crippen LogP) is 6.58. The van der Waals surface area contributed by atoms with Crippen molar-refractivity contribution in [1.29, 1.82) is 0 Å². The van der Waals surface area contributed by atoms with Crippen LogP contribution in [0.25, 0.3) is 6.08 Å². The average molecular weight is 427 g/mol. The maximum absolute atomic E-state index is 6.78. The van der Waals surface area contributed by atoms with Crippen LogP contribution in [0, 0.1) is 0 Å². The first-order chi connectivity index (χ1) is 11.6. The zero-order valence-electron chi connectivity index (χ0n) is 18.3. The second-order valence-corrected chi connectivity index (χ2v) is 27.0. The zero-order chi connectivity index (χ0) is 20.2. The van der Waals surface area contributed by atoms with Gasteiger partial charge in [-0.25, -0.2) is 0 Å². The molecule has 0 aromatic heterocycles. The van der Waals surface area contributed by atoms with Gasteiger partial charge in [-0.05, 0) is 64.5 Å². The summed E-state index contributed by atoms with van der Waals surface area (Å²) >= 11 is 0. The molecule has 0 amide bonds. The average Bonchev–Trinajstić information content (AvgIpc) is 2.40. The van der Waals surface area contributed by atoms with E-state index in [1.54, 1.807) is 0 Å². The van der Waals surface area contributed by atoms with Gasteiger partial charge in [0.25, 0.3) is 0 Å². The fourth-order valence-electron chi connectivity index (χ4n) is 2.56. The molecule has 3 nitrogen and oxygen atoms in total. The van der Waals surface area contributed by atoms with Crippen LogP contribution in [0.5, 0.6) is 0 Å². The molecule has 0 spiro atoms. The molecule has 1 unspecified atom stereocenters. The van der Waals surface area contributed by atoms with Crippen LogP contribution in [0.3, 0.4) is 0 Å².